The smallest absolute Gasteiger partial charge is 0.236 e. The predicted octanol–water partition coefficient (Wildman–Crippen LogP) is 0.812. The minimum atomic E-state index is 0.325. The van der Waals surface area contributed by atoms with Gasteiger partial charge >= 0.3 is 0 Å². The third-order valence-electron chi connectivity index (χ3n) is 4.04. The number of hydrogen-bond donors (Lipinski definition) is 1. The van der Waals surface area contributed by atoms with E-state index in [0.29, 0.717) is 18.5 Å². The lowest BCUT2D eigenvalue weighted by atomic mass is 9.91. The molecular weight excluding hydrogens is 214 g/mol. The molecule has 1 amide bonds. The molecule has 1 heterocycles. The third-order valence-corrected chi connectivity index (χ3v) is 4.04. The van der Waals surface area contributed by atoms with Gasteiger partial charge in [-0.05, 0) is 38.6 Å². The van der Waals surface area contributed by atoms with E-state index in [9.17, 15) is 4.79 Å². The summed E-state index contributed by atoms with van der Waals surface area (Å²) in [7, 11) is 0. The highest BCUT2D eigenvalue weighted by atomic mass is 16.2. The molecule has 1 saturated carbocycles. The Labute approximate surface area is 104 Å². The molecule has 0 spiro atoms. The van der Waals surface area contributed by atoms with Crippen LogP contribution in [0.2, 0.25) is 0 Å². The van der Waals surface area contributed by atoms with Crippen LogP contribution in [-0.4, -0.2) is 54.5 Å². The van der Waals surface area contributed by atoms with Crippen molar-refractivity contribution in [2.45, 2.75) is 44.6 Å². The molecule has 1 saturated heterocycles. The van der Waals surface area contributed by atoms with Gasteiger partial charge in [0.2, 0.25) is 5.91 Å². The summed E-state index contributed by atoms with van der Waals surface area (Å²) in [5.41, 5.74) is 5.57. The Kier molecular flexibility index (Phi) is 4.80. The zero-order chi connectivity index (χ0) is 12.1. The first-order valence-corrected chi connectivity index (χ1v) is 7.03. The molecule has 0 bridgehead atoms. The number of nitrogens with zero attached hydrogens (tertiary/aromatic N) is 2. The summed E-state index contributed by atoms with van der Waals surface area (Å²) in [5, 5.41) is 0. The summed E-state index contributed by atoms with van der Waals surface area (Å²) >= 11 is 0. The van der Waals surface area contributed by atoms with Crippen LogP contribution in [0.1, 0.15) is 38.5 Å². The van der Waals surface area contributed by atoms with Crippen LogP contribution >= 0.6 is 0 Å². The second-order valence-corrected chi connectivity index (χ2v) is 5.29. The van der Waals surface area contributed by atoms with Crippen molar-refractivity contribution < 1.29 is 4.79 Å². The molecule has 2 aliphatic rings. The van der Waals surface area contributed by atoms with Crippen LogP contribution in [0.15, 0.2) is 0 Å². The maximum atomic E-state index is 12.1. The fourth-order valence-corrected chi connectivity index (χ4v) is 2.68. The van der Waals surface area contributed by atoms with Gasteiger partial charge < -0.3 is 10.6 Å². The Balaban J connectivity index is 1.80. The van der Waals surface area contributed by atoms with Crippen LogP contribution < -0.4 is 5.73 Å². The largest absolute Gasteiger partial charge is 0.342 e. The van der Waals surface area contributed by atoms with Crippen LogP contribution in [0.3, 0.4) is 0 Å². The lowest BCUT2D eigenvalue weighted by molar-refractivity contribution is -0.132. The minimum absolute atomic E-state index is 0.325. The molecule has 0 aromatic carbocycles. The number of rotatable bonds is 6. The molecule has 1 aliphatic carbocycles. The standard InChI is InChI=1S/C13H25N3O/c14-7-4-10-16(12-5-3-6-12)11-13(17)15-8-1-2-9-15/h12H,1-11,14H2. The molecule has 0 radical (unpaired) electrons. The van der Waals surface area contributed by atoms with Gasteiger partial charge in [0.1, 0.15) is 0 Å². The average Bonchev–Trinajstić information content (AvgIpc) is 2.76. The molecule has 0 atom stereocenters. The van der Waals surface area contributed by atoms with Gasteiger partial charge in [-0.2, -0.15) is 0 Å². The Hall–Kier alpha value is -0.610. The van der Waals surface area contributed by atoms with Gasteiger partial charge in [-0.3, -0.25) is 9.69 Å². The van der Waals surface area contributed by atoms with Gasteiger partial charge in [-0.15, -0.1) is 0 Å². The number of carbonyl (C=O) groups is 1. The van der Waals surface area contributed by atoms with Gasteiger partial charge in [0, 0.05) is 25.7 Å². The second-order valence-electron chi connectivity index (χ2n) is 5.29. The number of hydrogen-bond acceptors (Lipinski definition) is 3. The molecule has 4 nitrogen and oxygen atoms in total. The normalized spacial score (nSPS) is 20.9. The highest BCUT2D eigenvalue weighted by Gasteiger charge is 2.28. The first-order valence-electron chi connectivity index (χ1n) is 7.03. The van der Waals surface area contributed by atoms with Gasteiger partial charge in [-0.25, -0.2) is 0 Å². The number of likely N-dealkylation sites (tertiary alicyclic amines) is 1. The van der Waals surface area contributed by atoms with Gasteiger partial charge in [0.15, 0.2) is 0 Å². The van der Waals surface area contributed by atoms with E-state index in [1.54, 1.807) is 0 Å². The summed E-state index contributed by atoms with van der Waals surface area (Å²) in [6.45, 7) is 4.26. The predicted molar refractivity (Wildman–Crippen MR) is 68.7 cm³/mol. The first-order chi connectivity index (χ1) is 8.31. The van der Waals surface area contributed by atoms with Crippen molar-refractivity contribution in [1.29, 1.82) is 0 Å². The topological polar surface area (TPSA) is 49.6 Å². The molecule has 2 rings (SSSR count). The highest BCUT2D eigenvalue weighted by molar-refractivity contribution is 5.78. The highest BCUT2D eigenvalue weighted by Crippen LogP contribution is 2.25. The molecule has 1 aliphatic heterocycles. The fourth-order valence-electron chi connectivity index (χ4n) is 2.68. The van der Waals surface area contributed by atoms with E-state index in [1.807, 2.05) is 4.90 Å². The van der Waals surface area contributed by atoms with Crippen molar-refractivity contribution in [2.75, 3.05) is 32.7 Å². The number of nitrogens with two attached hydrogens (primary N) is 1. The Morgan fingerprint density at radius 3 is 2.47 bits per heavy atom. The van der Waals surface area contributed by atoms with E-state index < -0.39 is 0 Å². The quantitative estimate of drug-likeness (QED) is 0.746. The van der Waals surface area contributed by atoms with Crippen LogP contribution in [0, 0.1) is 0 Å². The lowest BCUT2D eigenvalue weighted by Gasteiger charge is -2.37. The summed E-state index contributed by atoms with van der Waals surface area (Å²) in [5.74, 6) is 0.325. The van der Waals surface area contributed by atoms with Crippen LogP contribution in [0.5, 0.6) is 0 Å². The minimum Gasteiger partial charge on any atom is -0.342 e. The fraction of sp³-hybridized carbons (Fsp3) is 0.923. The van der Waals surface area contributed by atoms with Crippen molar-refractivity contribution in [2.24, 2.45) is 5.73 Å². The molecule has 2 fully saturated rings. The van der Waals surface area contributed by atoms with Crippen molar-refractivity contribution >= 4 is 5.91 Å². The van der Waals surface area contributed by atoms with E-state index in [0.717, 1.165) is 32.6 Å². The SMILES string of the molecule is NCCCN(CC(=O)N1CCCC1)C1CCC1. The molecule has 0 aromatic rings. The maximum absolute atomic E-state index is 12.1. The summed E-state index contributed by atoms with van der Waals surface area (Å²) in [6.07, 6.45) is 7.21. The number of amides is 1. The monoisotopic (exact) mass is 239 g/mol. The summed E-state index contributed by atoms with van der Waals surface area (Å²) in [4.78, 5) is 16.5. The zero-order valence-corrected chi connectivity index (χ0v) is 10.7. The van der Waals surface area contributed by atoms with E-state index in [4.69, 9.17) is 5.73 Å². The average molecular weight is 239 g/mol. The van der Waals surface area contributed by atoms with Crippen molar-refractivity contribution in [3.63, 3.8) is 0 Å². The molecule has 2 N–H and O–H groups in total. The summed E-state index contributed by atoms with van der Waals surface area (Å²) in [6, 6.07) is 0.646. The second kappa shape index (κ2) is 6.36. The number of carbonyl (C=O) groups excluding carboxylic acids is 1. The maximum Gasteiger partial charge on any atom is 0.236 e. The molecule has 17 heavy (non-hydrogen) atoms. The van der Waals surface area contributed by atoms with Crippen LogP contribution in [0.25, 0.3) is 0 Å². The van der Waals surface area contributed by atoms with E-state index in [-0.39, 0.29) is 0 Å². The van der Waals surface area contributed by atoms with Crippen molar-refractivity contribution in [3.05, 3.63) is 0 Å². The lowest BCUT2D eigenvalue weighted by Crippen LogP contribution is -2.47. The first kappa shape index (κ1) is 12.8. The molecule has 0 unspecified atom stereocenters. The third kappa shape index (κ3) is 3.42. The zero-order valence-electron chi connectivity index (χ0n) is 10.7. The van der Waals surface area contributed by atoms with E-state index in [1.165, 1.54) is 32.1 Å². The molecule has 4 heteroatoms. The molecule has 0 aromatic heterocycles. The van der Waals surface area contributed by atoms with Crippen LogP contribution in [-0.2, 0) is 4.79 Å². The van der Waals surface area contributed by atoms with Gasteiger partial charge in [0.25, 0.3) is 0 Å². The van der Waals surface area contributed by atoms with Gasteiger partial charge in [-0.1, -0.05) is 6.42 Å². The van der Waals surface area contributed by atoms with Crippen molar-refractivity contribution in [1.82, 2.24) is 9.80 Å². The Morgan fingerprint density at radius 1 is 1.24 bits per heavy atom. The van der Waals surface area contributed by atoms with E-state index in [2.05, 4.69) is 4.90 Å². The van der Waals surface area contributed by atoms with Crippen molar-refractivity contribution in [3.8, 4) is 0 Å². The Morgan fingerprint density at radius 2 is 1.94 bits per heavy atom. The van der Waals surface area contributed by atoms with Gasteiger partial charge in [0.05, 0.1) is 6.54 Å². The van der Waals surface area contributed by atoms with E-state index >= 15 is 0 Å². The molecular formula is C13H25N3O. The summed E-state index contributed by atoms with van der Waals surface area (Å²) < 4.78 is 0. The van der Waals surface area contributed by atoms with Crippen LogP contribution in [0.4, 0.5) is 0 Å². The Bertz CT molecular complexity index is 247. The molecule has 98 valence electrons.